The zero-order valence-corrected chi connectivity index (χ0v) is 14.3. The molecule has 0 aliphatic carbocycles. The first kappa shape index (κ1) is 17.0. The maximum Gasteiger partial charge on any atom is 0.254 e. The van der Waals surface area contributed by atoms with E-state index in [-0.39, 0.29) is 24.4 Å². The number of hydrogen-bond donors (Lipinski definition) is 1. The summed E-state index contributed by atoms with van der Waals surface area (Å²) in [5, 5.41) is 0.682. The maximum atomic E-state index is 12.4. The van der Waals surface area contributed by atoms with Gasteiger partial charge in [-0.05, 0) is 66.6 Å². The van der Waals surface area contributed by atoms with Crippen LogP contribution in [0.25, 0.3) is 0 Å². The summed E-state index contributed by atoms with van der Waals surface area (Å²) < 4.78 is 0.905. The van der Waals surface area contributed by atoms with Crippen LogP contribution in [0.15, 0.2) is 18.2 Å². The lowest BCUT2D eigenvalue weighted by Crippen LogP contribution is -2.34. The first-order valence-electron chi connectivity index (χ1n) is 5.99. The molecule has 1 amide bonds. The second-order valence-electron chi connectivity index (χ2n) is 4.77. The van der Waals surface area contributed by atoms with Crippen molar-refractivity contribution in [2.75, 3.05) is 13.1 Å². The Labute approximate surface area is 138 Å². The summed E-state index contributed by atoms with van der Waals surface area (Å²) in [6, 6.07) is 5.67. The molecule has 6 heteroatoms. The zero-order valence-electron chi connectivity index (χ0n) is 10.6. The molecule has 0 bridgehead atoms. The summed E-state index contributed by atoms with van der Waals surface area (Å²) in [5.74, 6) is 0.503. The van der Waals surface area contributed by atoms with Gasteiger partial charge in [-0.25, -0.2) is 0 Å². The van der Waals surface area contributed by atoms with Gasteiger partial charge in [0.25, 0.3) is 5.91 Å². The minimum atomic E-state index is 0. The molecule has 1 heterocycles. The molecule has 1 fully saturated rings. The highest BCUT2D eigenvalue weighted by Gasteiger charge is 2.32. The summed E-state index contributed by atoms with van der Waals surface area (Å²) in [6.07, 6.45) is 0.993. The Hall–Kier alpha value is -0.0400. The molecule has 0 saturated carbocycles. The number of likely N-dealkylation sites (tertiary alicyclic amines) is 1. The van der Waals surface area contributed by atoms with Crippen LogP contribution in [-0.4, -0.2) is 29.9 Å². The third kappa shape index (κ3) is 3.74. The van der Waals surface area contributed by atoms with Crippen molar-refractivity contribution in [3.05, 3.63) is 32.4 Å². The molecular formula is C13H17Cl2IN2O. The van der Waals surface area contributed by atoms with E-state index in [0.29, 0.717) is 23.0 Å². The minimum absolute atomic E-state index is 0. The van der Waals surface area contributed by atoms with E-state index in [0.717, 1.165) is 16.5 Å². The molecule has 3 nitrogen and oxygen atoms in total. The molecular weight excluding hydrogens is 398 g/mol. The van der Waals surface area contributed by atoms with Gasteiger partial charge in [-0.2, -0.15) is 0 Å². The number of rotatable bonds is 2. The normalized spacial score (nSPS) is 22.2. The molecule has 106 valence electrons. The summed E-state index contributed by atoms with van der Waals surface area (Å²) in [4.78, 5) is 14.3. The van der Waals surface area contributed by atoms with E-state index in [2.05, 4.69) is 29.5 Å². The Bertz CT molecular complexity index is 470. The number of nitrogens with zero attached hydrogens (tertiary/aromatic N) is 1. The van der Waals surface area contributed by atoms with E-state index >= 15 is 0 Å². The van der Waals surface area contributed by atoms with Crippen molar-refractivity contribution in [2.45, 2.75) is 19.4 Å². The van der Waals surface area contributed by atoms with E-state index in [4.69, 9.17) is 17.3 Å². The SMILES string of the molecule is CC1CC(CN)CN1C(=O)c1ccc(Cl)c(I)c1.Cl. The number of benzene rings is 1. The first-order valence-corrected chi connectivity index (χ1v) is 7.44. The van der Waals surface area contributed by atoms with Gasteiger partial charge in [0.1, 0.15) is 0 Å². The number of halogens is 3. The number of nitrogens with two attached hydrogens (primary N) is 1. The number of hydrogen-bond acceptors (Lipinski definition) is 2. The molecule has 2 rings (SSSR count). The van der Waals surface area contributed by atoms with Gasteiger partial charge in [0.05, 0.1) is 5.02 Å². The highest BCUT2D eigenvalue weighted by molar-refractivity contribution is 14.1. The predicted molar refractivity (Wildman–Crippen MR) is 89.1 cm³/mol. The molecule has 0 spiro atoms. The first-order chi connectivity index (χ1) is 8.52. The fourth-order valence-corrected chi connectivity index (χ4v) is 3.02. The molecule has 1 aromatic carbocycles. The molecule has 19 heavy (non-hydrogen) atoms. The minimum Gasteiger partial charge on any atom is -0.336 e. The molecule has 0 radical (unpaired) electrons. The predicted octanol–water partition coefficient (Wildman–Crippen LogP) is 3.18. The van der Waals surface area contributed by atoms with Crippen LogP contribution in [0.1, 0.15) is 23.7 Å². The average Bonchev–Trinajstić information content (AvgIpc) is 2.73. The van der Waals surface area contributed by atoms with Crippen LogP contribution in [0.4, 0.5) is 0 Å². The lowest BCUT2D eigenvalue weighted by molar-refractivity contribution is 0.0743. The average molecular weight is 415 g/mol. The van der Waals surface area contributed by atoms with E-state index < -0.39 is 0 Å². The Balaban J connectivity index is 0.00000180. The van der Waals surface area contributed by atoms with Crippen LogP contribution < -0.4 is 5.73 Å². The van der Waals surface area contributed by atoms with Gasteiger partial charge in [-0.3, -0.25) is 4.79 Å². The zero-order chi connectivity index (χ0) is 13.3. The van der Waals surface area contributed by atoms with E-state index in [9.17, 15) is 4.79 Å². The van der Waals surface area contributed by atoms with Gasteiger partial charge in [0.15, 0.2) is 0 Å². The number of carbonyl (C=O) groups excluding carboxylic acids is 1. The summed E-state index contributed by atoms with van der Waals surface area (Å²) in [5.41, 5.74) is 6.39. The monoisotopic (exact) mass is 414 g/mol. The molecule has 2 atom stereocenters. The molecule has 1 aromatic rings. The molecule has 2 N–H and O–H groups in total. The summed E-state index contributed by atoms with van der Waals surface area (Å²) >= 11 is 8.11. The second-order valence-corrected chi connectivity index (χ2v) is 6.34. The van der Waals surface area contributed by atoms with Crippen molar-refractivity contribution in [2.24, 2.45) is 11.7 Å². The molecule has 1 saturated heterocycles. The van der Waals surface area contributed by atoms with E-state index in [1.165, 1.54) is 0 Å². The smallest absolute Gasteiger partial charge is 0.254 e. The van der Waals surface area contributed by atoms with Crippen LogP contribution >= 0.6 is 46.6 Å². The van der Waals surface area contributed by atoms with Crippen molar-refractivity contribution in [3.63, 3.8) is 0 Å². The standard InChI is InChI=1S/C13H16ClIN2O.ClH/c1-8-4-9(6-16)7-17(8)13(18)10-2-3-11(14)12(15)5-10;/h2-3,5,8-9H,4,6-7,16H2,1H3;1H. The highest BCUT2D eigenvalue weighted by atomic mass is 127. The van der Waals surface area contributed by atoms with Gasteiger partial charge in [0.2, 0.25) is 0 Å². The Morgan fingerprint density at radius 2 is 2.26 bits per heavy atom. The van der Waals surface area contributed by atoms with Crippen LogP contribution in [0, 0.1) is 9.49 Å². The van der Waals surface area contributed by atoms with E-state index in [1.807, 2.05) is 11.0 Å². The third-order valence-electron chi connectivity index (χ3n) is 3.42. The Morgan fingerprint density at radius 3 is 2.79 bits per heavy atom. The quantitative estimate of drug-likeness (QED) is 0.755. The lowest BCUT2D eigenvalue weighted by Gasteiger charge is -2.21. The number of carbonyl (C=O) groups is 1. The molecule has 1 aliphatic heterocycles. The fourth-order valence-electron chi connectivity index (χ4n) is 2.39. The van der Waals surface area contributed by atoms with Crippen molar-refractivity contribution >= 4 is 52.5 Å². The van der Waals surface area contributed by atoms with Gasteiger partial charge in [0, 0.05) is 21.7 Å². The second kappa shape index (κ2) is 7.11. The summed E-state index contributed by atoms with van der Waals surface area (Å²) in [6.45, 7) is 3.48. The Morgan fingerprint density at radius 1 is 1.58 bits per heavy atom. The van der Waals surface area contributed by atoms with Gasteiger partial charge in [-0.15, -0.1) is 12.4 Å². The van der Waals surface area contributed by atoms with Gasteiger partial charge < -0.3 is 10.6 Å². The Kier molecular flexibility index (Phi) is 6.36. The summed E-state index contributed by atoms with van der Waals surface area (Å²) in [7, 11) is 0. The fraction of sp³-hybridized carbons (Fsp3) is 0.462. The van der Waals surface area contributed by atoms with Crippen molar-refractivity contribution in [1.82, 2.24) is 4.90 Å². The molecule has 0 aromatic heterocycles. The van der Waals surface area contributed by atoms with Crippen molar-refractivity contribution < 1.29 is 4.79 Å². The third-order valence-corrected chi connectivity index (χ3v) is 4.96. The van der Waals surface area contributed by atoms with Crippen molar-refractivity contribution in [3.8, 4) is 0 Å². The van der Waals surface area contributed by atoms with Crippen LogP contribution in [0.5, 0.6) is 0 Å². The van der Waals surface area contributed by atoms with Crippen LogP contribution in [0.3, 0.4) is 0 Å². The van der Waals surface area contributed by atoms with Crippen molar-refractivity contribution in [1.29, 1.82) is 0 Å². The molecule has 2 unspecified atom stereocenters. The van der Waals surface area contributed by atoms with Crippen LogP contribution in [0.2, 0.25) is 5.02 Å². The number of amides is 1. The van der Waals surface area contributed by atoms with E-state index in [1.54, 1.807) is 12.1 Å². The van der Waals surface area contributed by atoms with Gasteiger partial charge in [-0.1, -0.05) is 11.6 Å². The van der Waals surface area contributed by atoms with Gasteiger partial charge >= 0.3 is 0 Å². The highest BCUT2D eigenvalue weighted by Crippen LogP contribution is 2.26. The topological polar surface area (TPSA) is 46.3 Å². The largest absolute Gasteiger partial charge is 0.336 e. The maximum absolute atomic E-state index is 12.4. The molecule has 1 aliphatic rings. The van der Waals surface area contributed by atoms with Crippen LogP contribution in [-0.2, 0) is 0 Å². The lowest BCUT2D eigenvalue weighted by atomic mass is 10.1.